The smallest absolute Gasteiger partial charge is 0.119 e. The van der Waals surface area contributed by atoms with E-state index in [4.69, 9.17) is 4.74 Å². The van der Waals surface area contributed by atoms with Crippen LogP contribution >= 0.6 is 0 Å². The van der Waals surface area contributed by atoms with Crippen molar-refractivity contribution in [2.75, 3.05) is 31.1 Å². The zero-order valence-corrected chi connectivity index (χ0v) is 20.7. The molecule has 2 aromatic carbocycles. The van der Waals surface area contributed by atoms with Crippen molar-refractivity contribution in [2.24, 2.45) is 0 Å². The van der Waals surface area contributed by atoms with Crippen LogP contribution in [0.25, 0.3) is 0 Å². The molecule has 0 atom stereocenters. The van der Waals surface area contributed by atoms with Crippen molar-refractivity contribution in [1.29, 1.82) is 0 Å². The molecule has 1 aliphatic carbocycles. The summed E-state index contributed by atoms with van der Waals surface area (Å²) in [5.41, 5.74) is 3.90. The molecule has 32 heavy (non-hydrogen) atoms. The number of unbranched alkanes of at least 4 members (excludes halogenated alkanes) is 3. The Kier molecular flexibility index (Phi) is 10.4. The van der Waals surface area contributed by atoms with Crippen molar-refractivity contribution >= 4 is 11.4 Å². The number of hydrogen-bond acceptors (Lipinski definition) is 3. The molecule has 2 aromatic rings. The second-order valence-corrected chi connectivity index (χ2v) is 9.28. The number of nitrogens with zero attached hydrogens (tertiary/aromatic N) is 2. The zero-order chi connectivity index (χ0) is 22.6. The molecule has 0 spiro atoms. The SMILES string of the molecule is CCN(CC)CCCCCCOc1ccc(N(c2ccc(C)cc2)C2CCCCC2)cc1. The average Bonchev–Trinajstić information content (AvgIpc) is 2.84. The minimum absolute atomic E-state index is 0.592. The summed E-state index contributed by atoms with van der Waals surface area (Å²) in [6, 6.07) is 18.4. The molecule has 1 fully saturated rings. The highest BCUT2D eigenvalue weighted by Gasteiger charge is 2.23. The molecule has 0 unspecified atom stereocenters. The van der Waals surface area contributed by atoms with E-state index in [-0.39, 0.29) is 0 Å². The molecule has 0 radical (unpaired) electrons. The van der Waals surface area contributed by atoms with Gasteiger partial charge in [-0.05, 0) is 88.6 Å². The Morgan fingerprint density at radius 2 is 1.34 bits per heavy atom. The van der Waals surface area contributed by atoms with Crippen molar-refractivity contribution in [1.82, 2.24) is 4.90 Å². The first-order valence-corrected chi connectivity index (χ1v) is 13.0. The van der Waals surface area contributed by atoms with Gasteiger partial charge in [0.25, 0.3) is 0 Å². The van der Waals surface area contributed by atoms with Crippen LogP contribution in [-0.4, -0.2) is 37.2 Å². The summed E-state index contributed by atoms with van der Waals surface area (Å²) in [4.78, 5) is 5.06. The van der Waals surface area contributed by atoms with Gasteiger partial charge in [0.05, 0.1) is 6.61 Å². The number of benzene rings is 2. The van der Waals surface area contributed by atoms with E-state index in [1.807, 2.05) is 0 Å². The number of anilines is 2. The van der Waals surface area contributed by atoms with E-state index in [0.29, 0.717) is 6.04 Å². The standard InChI is InChI=1S/C29H44N2O/c1-4-30(5-2)23-11-6-7-12-24-32-29-21-19-28(20-22-29)31(26-13-9-8-10-14-26)27-17-15-25(3)16-18-27/h15-22,26H,4-14,23-24H2,1-3H3. The highest BCUT2D eigenvalue weighted by molar-refractivity contribution is 5.65. The molecule has 0 aliphatic heterocycles. The first-order valence-electron chi connectivity index (χ1n) is 13.0. The number of rotatable bonds is 13. The Hall–Kier alpha value is -2.00. The average molecular weight is 437 g/mol. The van der Waals surface area contributed by atoms with E-state index >= 15 is 0 Å². The lowest BCUT2D eigenvalue weighted by molar-refractivity contribution is 0.284. The molecule has 3 nitrogen and oxygen atoms in total. The molecule has 0 saturated heterocycles. The van der Waals surface area contributed by atoms with Gasteiger partial charge in [-0.1, -0.05) is 63.6 Å². The Morgan fingerprint density at radius 3 is 1.97 bits per heavy atom. The van der Waals surface area contributed by atoms with Gasteiger partial charge in [-0.15, -0.1) is 0 Å². The maximum atomic E-state index is 6.05. The van der Waals surface area contributed by atoms with Gasteiger partial charge >= 0.3 is 0 Å². The molecule has 0 heterocycles. The topological polar surface area (TPSA) is 15.7 Å². The van der Waals surface area contributed by atoms with Gasteiger partial charge in [-0.3, -0.25) is 0 Å². The van der Waals surface area contributed by atoms with Crippen LogP contribution in [-0.2, 0) is 0 Å². The van der Waals surface area contributed by atoms with Gasteiger partial charge < -0.3 is 14.5 Å². The van der Waals surface area contributed by atoms with Gasteiger partial charge in [0, 0.05) is 17.4 Å². The Morgan fingerprint density at radius 1 is 0.750 bits per heavy atom. The van der Waals surface area contributed by atoms with Gasteiger partial charge in [-0.25, -0.2) is 0 Å². The van der Waals surface area contributed by atoms with Gasteiger partial charge in [0.2, 0.25) is 0 Å². The van der Waals surface area contributed by atoms with Crippen molar-refractivity contribution < 1.29 is 4.74 Å². The van der Waals surface area contributed by atoms with Gasteiger partial charge in [0.15, 0.2) is 0 Å². The van der Waals surface area contributed by atoms with Crippen molar-refractivity contribution in [2.45, 2.75) is 84.6 Å². The van der Waals surface area contributed by atoms with Crippen LogP contribution in [0.3, 0.4) is 0 Å². The van der Waals surface area contributed by atoms with E-state index in [1.54, 1.807) is 0 Å². The largest absolute Gasteiger partial charge is 0.494 e. The number of aryl methyl sites for hydroxylation is 1. The third-order valence-electron chi connectivity index (χ3n) is 6.90. The van der Waals surface area contributed by atoms with Gasteiger partial charge in [0.1, 0.15) is 5.75 Å². The van der Waals surface area contributed by atoms with Crippen LogP contribution in [0.4, 0.5) is 11.4 Å². The van der Waals surface area contributed by atoms with Crippen LogP contribution in [0.1, 0.15) is 77.2 Å². The summed E-state index contributed by atoms with van der Waals surface area (Å²) in [5, 5.41) is 0. The predicted octanol–water partition coefficient (Wildman–Crippen LogP) is 7.75. The fraction of sp³-hybridized carbons (Fsp3) is 0.586. The van der Waals surface area contributed by atoms with E-state index in [1.165, 1.54) is 74.8 Å². The highest BCUT2D eigenvalue weighted by Crippen LogP contribution is 2.35. The molecule has 1 aliphatic rings. The first kappa shape index (κ1) is 24.6. The Labute approximate surface area is 196 Å². The Bertz CT molecular complexity index is 746. The zero-order valence-electron chi connectivity index (χ0n) is 20.7. The second kappa shape index (κ2) is 13.5. The van der Waals surface area contributed by atoms with Crippen molar-refractivity contribution in [3.05, 3.63) is 54.1 Å². The molecule has 1 saturated carbocycles. The third kappa shape index (κ3) is 7.55. The minimum atomic E-state index is 0.592. The van der Waals surface area contributed by atoms with E-state index < -0.39 is 0 Å². The highest BCUT2D eigenvalue weighted by atomic mass is 16.5. The van der Waals surface area contributed by atoms with Crippen LogP contribution < -0.4 is 9.64 Å². The van der Waals surface area contributed by atoms with Gasteiger partial charge in [-0.2, -0.15) is 0 Å². The molecular weight excluding hydrogens is 392 g/mol. The van der Waals surface area contributed by atoms with Crippen LogP contribution in [0.2, 0.25) is 0 Å². The molecular formula is C29H44N2O. The first-order chi connectivity index (χ1) is 15.7. The lowest BCUT2D eigenvalue weighted by Crippen LogP contribution is -2.32. The minimum Gasteiger partial charge on any atom is -0.494 e. The number of hydrogen-bond donors (Lipinski definition) is 0. The maximum absolute atomic E-state index is 6.05. The molecule has 176 valence electrons. The summed E-state index contributed by atoms with van der Waals surface area (Å²) in [6.45, 7) is 11.0. The van der Waals surface area contributed by atoms with E-state index in [2.05, 4.69) is 79.1 Å². The summed E-state index contributed by atoms with van der Waals surface area (Å²) in [5.74, 6) is 0.990. The van der Waals surface area contributed by atoms with Crippen molar-refractivity contribution in [3.63, 3.8) is 0 Å². The summed E-state index contributed by atoms with van der Waals surface area (Å²) >= 11 is 0. The predicted molar refractivity (Wildman–Crippen MR) is 138 cm³/mol. The van der Waals surface area contributed by atoms with E-state index in [0.717, 1.165) is 31.9 Å². The lowest BCUT2D eigenvalue weighted by Gasteiger charge is -2.36. The molecule has 0 bridgehead atoms. The van der Waals surface area contributed by atoms with E-state index in [9.17, 15) is 0 Å². The van der Waals surface area contributed by atoms with Crippen LogP contribution in [0.15, 0.2) is 48.5 Å². The normalized spacial score (nSPS) is 14.6. The van der Waals surface area contributed by atoms with Crippen LogP contribution in [0.5, 0.6) is 5.75 Å². The third-order valence-corrected chi connectivity index (χ3v) is 6.90. The fourth-order valence-electron chi connectivity index (χ4n) is 4.84. The van der Waals surface area contributed by atoms with Crippen LogP contribution in [0, 0.1) is 6.92 Å². The maximum Gasteiger partial charge on any atom is 0.119 e. The summed E-state index contributed by atoms with van der Waals surface area (Å²) < 4.78 is 6.05. The lowest BCUT2D eigenvalue weighted by atomic mass is 9.93. The number of ether oxygens (including phenoxy) is 1. The summed E-state index contributed by atoms with van der Waals surface area (Å²) in [7, 11) is 0. The molecule has 0 N–H and O–H groups in total. The van der Waals surface area contributed by atoms with Crippen molar-refractivity contribution in [3.8, 4) is 5.75 Å². The quantitative estimate of drug-likeness (QED) is 0.299. The molecule has 0 aromatic heterocycles. The Balaban J connectivity index is 1.50. The second-order valence-electron chi connectivity index (χ2n) is 9.28. The summed E-state index contributed by atoms with van der Waals surface area (Å²) in [6.07, 6.45) is 11.6. The molecule has 0 amide bonds. The fourth-order valence-corrected chi connectivity index (χ4v) is 4.84. The monoisotopic (exact) mass is 436 g/mol. The molecule has 3 heteroatoms. The molecule has 3 rings (SSSR count).